The first-order valence-corrected chi connectivity index (χ1v) is 6.05. The second kappa shape index (κ2) is 6.28. The summed E-state index contributed by atoms with van der Waals surface area (Å²) in [5, 5.41) is 0. The van der Waals surface area contributed by atoms with Crippen LogP contribution in [0.25, 0.3) is 0 Å². The number of benzene rings is 1. The highest BCUT2D eigenvalue weighted by molar-refractivity contribution is 6.01. The summed E-state index contributed by atoms with van der Waals surface area (Å²) < 4.78 is 5.06. The number of ketones is 1. The Labute approximate surface area is 103 Å². The van der Waals surface area contributed by atoms with E-state index < -0.39 is 0 Å². The van der Waals surface area contributed by atoms with Gasteiger partial charge in [0.05, 0.1) is 7.11 Å². The van der Waals surface area contributed by atoms with Crippen molar-refractivity contribution in [3.63, 3.8) is 0 Å². The summed E-state index contributed by atoms with van der Waals surface area (Å²) in [5.74, 6) is 1.21. The van der Waals surface area contributed by atoms with Crippen molar-refractivity contribution in [2.75, 3.05) is 12.8 Å². The number of nitrogen functional groups attached to an aromatic ring is 1. The summed E-state index contributed by atoms with van der Waals surface area (Å²) in [6, 6.07) is 5.21. The van der Waals surface area contributed by atoms with E-state index >= 15 is 0 Å². The summed E-state index contributed by atoms with van der Waals surface area (Å²) in [6.45, 7) is 4.23. The molecule has 0 spiro atoms. The Balaban J connectivity index is 2.75. The summed E-state index contributed by atoms with van der Waals surface area (Å²) in [4.78, 5) is 12.0. The van der Waals surface area contributed by atoms with Gasteiger partial charge in [-0.1, -0.05) is 26.7 Å². The molecule has 1 atom stereocenters. The van der Waals surface area contributed by atoms with E-state index in [1.54, 1.807) is 25.3 Å². The maximum atomic E-state index is 12.0. The molecule has 0 aliphatic heterocycles. The second-order valence-corrected chi connectivity index (χ2v) is 4.47. The first-order valence-electron chi connectivity index (χ1n) is 6.05. The average Bonchev–Trinajstić information content (AvgIpc) is 2.28. The normalized spacial score (nSPS) is 12.2. The van der Waals surface area contributed by atoms with Crippen LogP contribution in [-0.2, 0) is 0 Å². The van der Waals surface area contributed by atoms with Crippen molar-refractivity contribution in [2.24, 2.45) is 5.92 Å². The third-order valence-electron chi connectivity index (χ3n) is 2.87. The summed E-state index contributed by atoms with van der Waals surface area (Å²) >= 11 is 0. The van der Waals surface area contributed by atoms with E-state index in [4.69, 9.17) is 10.5 Å². The Morgan fingerprint density at radius 3 is 2.71 bits per heavy atom. The lowest BCUT2D eigenvalue weighted by Gasteiger charge is -2.11. The number of nitrogens with two attached hydrogens (primary N) is 1. The molecule has 0 bridgehead atoms. The maximum Gasteiger partial charge on any atom is 0.165 e. The molecule has 94 valence electrons. The van der Waals surface area contributed by atoms with Gasteiger partial charge in [0.15, 0.2) is 5.78 Å². The van der Waals surface area contributed by atoms with E-state index in [1.165, 1.54) is 0 Å². The summed E-state index contributed by atoms with van der Waals surface area (Å²) in [6.07, 6.45) is 2.73. The standard InChI is InChI=1S/C14H21NO2/c1-4-5-10(2)8-14(16)12-7-6-11(17-3)9-13(12)15/h6-7,9-10H,4-5,8,15H2,1-3H3. The van der Waals surface area contributed by atoms with Crippen LogP contribution in [0.15, 0.2) is 18.2 Å². The number of rotatable bonds is 6. The number of Topliss-reactive ketones (excluding diaryl/α,β-unsaturated/α-hetero) is 1. The fraction of sp³-hybridized carbons (Fsp3) is 0.500. The highest BCUT2D eigenvalue weighted by Gasteiger charge is 2.13. The lowest BCUT2D eigenvalue weighted by Crippen LogP contribution is -2.08. The van der Waals surface area contributed by atoms with Crippen LogP contribution in [0.2, 0.25) is 0 Å². The van der Waals surface area contributed by atoms with Gasteiger partial charge in [-0.2, -0.15) is 0 Å². The molecule has 0 radical (unpaired) electrons. The van der Waals surface area contributed by atoms with Crippen LogP contribution in [0.1, 0.15) is 43.5 Å². The fourth-order valence-corrected chi connectivity index (χ4v) is 1.94. The smallest absolute Gasteiger partial charge is 0.165 e. The fourth-order valence-electron chi connectivity index (χ4n) is 1.94. The number of ether oxygens (including phenoxy) is 1. The van der Waals surface area contributed by atoms with Crippen molar-refractivity contribution in [1.29, 1.82) is 0 Å². The molecule has 1 rings (SSSR count). The van der Waals surface area contributed by atoms with E-state index in [2.05, 4.69) is 13.8 Å². The summed E-state index contributed by atoms with van der Waals surface area (Å²) in [7, 11) is 1.58. The van der Waals surface area contributed by atoms with Crippen molar-refractivity contribution < 1.29 is 9.53 Å². The van der Waals surface area contributed by atoms with Crippen molar-refractivity contribution in [2.45, 2.75) is 33.1 Å². The van der Waals surface area contributed by atoms with Gasteiger partial charge in [0.2, 0.25) is 0 Å². The quantitative estimate of drug-likeness (QED) is 0.608. The molecule has 0 saturated heterocycles. The Morgan fingerprint density at radius 2 is 2.18 bits per heavy atom. The monoisotopic (exact) mass is 235 g/mol. The number of hydrogen-bond donors (Lipinski definition) is 1. The molecule has 17 heavy (non-hydrogen) atoms. The minimum absolute atomic E-state index is 0.117. The van der Waals surface area contributed by atoms with E-state index in [9.17, 15) is 4.79 Å². The number of hydrogen-bond acceptors (Lipinski definition) is 3. The van der Waals surface area contributed by atoms with Crippen molar-refractivity contribution in [1.82, 2.24) is 0 Å². The van der Waals surface area contributed by atoms with Crippen molar-refractivity contribution in [3.8, 4) is 5.75 Å². The lowest BCUT2D eigenvalue weighted by molar-refractivity contribution is 0.0963. The largest absolute Gasteiger partial charge is 0.497 e. The third kappa shape index (κ3) is 3.77. The molecule has 0 aromatic heterocycles. The van der Waals surface area contributed by atoms with Crippen LogP contribution in [-0.4, -0.2) is 12.9 Å². The molecule has 1 aromatic rings. The van der Waals surface area contributed by atoms with Gasteiger partial charge in [0.1, 0.15) is 5.75 Å². The number of anilines is 1. The molecular weight excluding hydrogens is 214 g/mol. The molecule has 0 heterocycles. The Bertz CT molecular complexity index is 388. The zero-order chi connectivity index (χ0) is 12.8. The van der Waals surface area contributed by atoms with E-state index in [-0.39, 0.29) is 5.78 Å². The highest BCUT2D eigenvalue weighted by atomic mass is 16.5. The molecular formula is C14H21NO2. The molecule has 0 amide bonds. The number of methoxy groups -OCH3 is 1. The number of carbonyl (C=O) groups excluding carboxylic acids is 1. The van der Waals surface area contributed by atoms with Gasteiger partial charge in [-0.25, -0.2) is 0 Å². The van der Waals surface area contributed by atoms with Crippen LogP contribution < -0.4 is 10.5 Å². The predicted octanol–water partition coefficient (Wildman–Crippen LogP) is 3.29. The first kappa shape index (κ1) is 13.6. The SMILES string of the molecule is CCCC(C)CC(=O)c1ccc(OC)cc1N. The molecule has 3 nitrogen and oxygen atoms in total. The van der Waals surface area contributed by atoms with Crippen LogP contribution in [0.5, 0.6) is 5.75 Å². The highest BCUT2D eigenvalue weighted by Crippen LogP contribution is 2.23. The zero-order valence-corrected chi connectivity index (χ0v) is 10.8. The molecule has 0 aliphatic carbocycles. The summed E-state index contributed by atoms with van der Waals surface area (Å²) in [5.41, 5.74) is 6.95. The van der Waals surface area contributed by atoms with Gasteiger partial charge in [-0.05, 0) is 18.1 Å². The average molecular weight is 235 g/mol. The third-order valence-corrected chi connectivity index (χ3v) is 2.87. The van der Waals surface area contributed by atoms with Gasteiger partial charge in [0.25, 0.3) is 0 Å². The van der Waals surface area contributed by atoms with Crippen LogP contribution in [0, 0.1) is 5.92 Å². The Hall–Kier alpha value is -1.51. The van der Waals surface area contributed by atoms with Gasteiger partial charge < -0.3 is 10.5 Å². The minimum atomic E-state index is 0.117. The van der Waals surface area contributed by atoms with Crippen molar-refractivity contribution in [3.05, 3.63) is 23.8 Å². The first-order chi connectivity index (χ1) is 8.08. The van der Waals surface area contributed by atoms with Gasteiger partial charge in [-0.15, -0.1) is 0 Å². The minimum Gasteiger partial charge on any atom is -0.497 e. The van der Waals surface area contributed by atoms with Crippen LogP contribution in [0.3, 0.4) is 0 Å². The molecule has 1 aromatic carbocycles. The lowest BCUT2D eigenvalue weighted by atomic mass is 9.95. The Morgan fingerprint density at radius 1 is 1.47 bits per heavy atom. The van der Waals surface area contributed by atoms with Crippen molar-refractivity contribution >= 4 is 11.5 Å². The number of carbonyl (C=O) groups is 1. The molecule has 2 N–H and O–H groups in total. The molecule has 3 heteroatoms. The molecule has 0 aliphatic rings. The van der Waals surface area contributed by atoms with Gasteiger partial charge in [-0.3, -0.25) is 4.79 Å². The Kier molecular flexibility index (Phi) is 5.01. The van der Waals surface area contributed by atoms with E-state index in [0.717, 1.165) is 12.8 Å². The molecule has 0 saturated carbocycles. The zero-order valence-electron chi connectivity index (χ0n) is 10.8. The molecule has 0 fully saturated rings. The topological polar surface area (TPSA) is 52.3 Å². The molecule has 1 unspecified atom stereocenters. The van der Waals surface area contributed by atoms with Crippen LogP contribution >= 0.6 is 0 Å². The predicted molar refractivity (Wildman–Crippen MR) is 70.4 cm³/mol. The van der Waals surface area contributed by atoms with Gasteiger partial charge in [0, 0.05) is 23.7 Å². The van der Waals surface area contributed by atoms with Gasteiger partial charge >= 0.3 is 0 Å². The van der Waals surface area contributed by atoms with E-state index in [1.807, 2.05) is 0 Å². The van der Waals surface area contributed by atoms with Crippen LogP contribution in [0.4, 0.5) is 5.69 Å². The second-order valence-electron chi connectivity index (χ2n) is 4.47. The van der Waals surface area contributed by atoms with E-state index in [0.29, 0.717) is 29.3 Å². The maximum absolute atomic E-state index is 12.0.